The molecule has 0 saturated carbocycles. The maximum absolute atomic E-state index is 11.9. The Hall–Kier alpha value is -1.85. The molecular weight excluding hydrogens is 348 g/mol. The van der Waals surface area contributed by atoms with Gasteiger partial charge in [0.15, 0.2) is 6.10 Å². The molecule has 1 N–H and O–H groups in total. The van der Waals surface area contributed by atoms with Gasteiger partial charge < -0.3 is 14.6 Å². The number of esters is 1. The summed E-state index contributed by atoms with van der Waals surface area (Å²) in [6.07, 6.45) is -0.698. The third-order valence-corrected chi connectivity index (χ3v) is 4.38. The highest BCUT2D eigenvalue weighted by atomic mass is 35.5. The third kappa shape index (κ3) is 6.34. The lowest BCUT2D eigenvalue weighted by Crippen LogP contribution is -2.26. The second kappa shape index (κ2) is 9.45. The first-order chi connectivity index (χ1) is 11.5. The maximum Gasteiger partial charge on any atom is 0.347 e. The minimum Gasteiger partial charge on any atom is -0.508 e. The van der Waals surface area contributed by atoms with Gasteiger partial charge in [0.05, 0.1) is 0 Å². The quantitative estimate of drug-likeness (QED) is 0.558. The monoisotopic (exact) mass is 366 g/mol. The summed E-state index contributed by atoms with van der Waals surface area (Å²) in [5, 5.41) is 9.93. The van der Waals surface area contributed by atoms with Crippen molar-refractivity contribution in [1.29, 1.82) is 0 Å². The van der Waals surface area contributed by atoms with Crippen molar-refractivity contribution in [3.8, 4) is 11.5 Å². The summed E-state index contributed by atoms with van der Waals surface area (Å²) in [5.41, 5.74) is 1.18. The van der Waals surface area contributed by atoms with Gasteiger partial charge in [-0.1, -0.05) is 23.7 Å². The summed E-state index contributed by atoms with van der Waals surface area (Å²) in [6.45, 7) is 1.97. The normalized spacial score (nSPS) is 11.8. The molecule has 4 nitrogen and oxygen atoms in total. The van der Waals surface area contributed by atoms with Crippen molar-refractivity contribution in [3.05, 3.63) is 59.1 Å². The molecule has 0 fully saturated rings. The number of halogens is 1. The standard InChI is InChI=1S/C18H19ClO4S/c1-13(23-17-8-6-16(20)7-9-17)18(21)22-10-11-24-12-14-2-4-15(19)5-3-14/h2-9,13,20H,10-12H2,1H3. The zero-order valence-corrected chi connectivity index (χ0v) is 14.8. The number of carbonyl (C=O) groups is 1. The van der Waals surface area contributed by atoms with Gasteiger partial charge in [0.2, 0.25) is 0 Å². The van der Waals surface area contributed by atoms with Crippen molar-refractivity contribution < 1.29 is 19.4 Å². The van der Waals surface area contributed by atoms with Gasteiger partial charge in [0.25, 0.3) is 0 Å². The molecule has 0 heterocycles. The van der Waals surface area contributed by atoms with Crippen molar-refractivity contribution in [1.82, 2.24) is 0 Å². The number of phenols is 1. The number of hydrogen-bond acceptors (Lipinski definition) is 5. The minimum atomic E-state index is -0.698. The Labute approximate surface area is 150 Å². The van der Waals surface area contributed by atoms with Gasteiger partial charge in [-0.05, 0) is 48.9 Å². The van der Waals surface area contributed by atoms with Crippen molar-refractivity contribution >= 4 is 29.3 Å². The molecule has 1 unspecified atom stereocenters. The molecule has 0 aliphatic carbocycles. The van der Waals surface area contributed by atoms with E-state index in [2.05, 4.69) is 0 Å². The van der Waals surface area contributed by atoms with E-state index < -0.39 is 12.1 Å². The highest BCUT2D eigenvalue weighted by molar-refractivity contribution is 7.98. The summed E-state index contributed by atoms with van der Waals surface area (Å²) < 4.78 is 10.7. The molecule has 24 heavy (non-hydrogen) atoms. The molecule has 0 aliphatic rings. The second-order valence-corrected chi connectivity index (χ2v) is 6.64. The van der Waals surface area contributed by atoms with Crippen molar-refractivity contribution in [2.45, 2.75) is 18.8 Å². The first-order valence-corrected chi connectivity index (χ1v) is 9.02. The highest BCUT2D eigenvalue weighted by Crippen LogP contribution is 2.18. The Bertz CT molecular complexity index is 643. The van der Waals surface area contributed by atoms with Crippen LogP contribution < -0.4 is 4.74 Å². The average molecular weight is 367 g/mol. The molecule has 1 atom stereocenters. The predicted molar refractivity (Wildman–Crippen MR) is 96.8 cm³/mol. The molecule has 6 heteroatoms. The van der Waals surface area contributed by atoms with E-state index in [4.69, 9.17) is 21.1 Å². The number of aromatic hydroxyl groups is 1. The molecule has 0 bridgehead atoms. The number of thioether (sulfide) groups is 1. The van der Waals surface area contributed by atoms with Crippen molar-refractivity contribution in [2.75, 3.05) is 12.4 Å². The van der Waals surface area contributed by atoms with E-state index in [1.54, 1.807) is 30.8 Å². The SMILES string of the molecule is CC(Oc1ccc(O)cc1)C(=O)OCCSCc1ccc(Cl)cc1. The number of benzene rings is 2. The van der Waals surface area contributed by atoms with Gasteiger partial charge in [0.1, 0.15) is 18.1 Å². The van der Waals surface area contributed by atoms with Gasteiger partial charge in [-0.2, -0.15) is 11.8 Å². The van der Waals surface area contributed by atoms with Crippen LogP contribution in [0.2, 0.25) is 5.02 Å². The Kier molecular flexibility index (Phi) is 7.28. The van der Waals surface area contributed by atoms with Crippen LogP contribution in [0.5, 0.6) is 11.5 Å². The van der Waals surface area contributed by atoms with Gasteiger partial charge in [-0.25, -0.2) is 4.79 Å². The van der Waals surface area contributed by atoms with Crippen LogP contribution in [-0.4, -0.2) is 29.5 Å². The number of hydrogen-bond donors (Lipinski definition) is 1. The fourth-order valence-corrected chi connectivity index (χ4v) is 2.77. The Balaban J connectivity index is 1.63. The summed E-state index contributed by atoms with van der Waals surface area (Å²) in [6, 6.07) is 13.9. The fourth-order valence-electron chi connectivity index (χ4n) is 1.87. The lowest BCUT2D eigenvalue weighted by Gasteiger charge is -2.14. The van der Waals surface area contributed by atoms with Crippen molar-refractivity contribution in [3.63, 3.8) is 0 Å². The van der Waals surface area contributed by atoms with E-state index in [1.165, 1.54) is 17.7 Å². The summed E-state index contributed by atoms with van der Waals surface area (Å²) >= 11 is 7.52. The number of rotatable bonds is 8. The van der Waals surface area contributed by atoms with Gasteiger partial charge >= 0.3 is 5.97 Å². The smallest absolute Gasteiger partial charge is 0.347 e. The van der Waals surface area contributed by atoms with Crippen LogP contribution in [0.3, 0.4) is 0 Å². The summed E-state index contributed by atoms with van der Waals surface area (Å²) in [4.78, 5) is 11.9. The molecule has 2 aromatic rings. The summed E-state index contributed by atoms with van der Waals surface area (Å²) in [5.74, 6) is 1.80. The molecule has 2 aromatic carbocycles. The van der Waals surface area contributed by atoms with Crippen LogP contribution in [0.25, 0.3) is 0 Å². The Morgan fingerprint density at radius 3 is 2.50 bits per heavy atom. The molecule has 0 saturated heterocycles. The molecule has 0 aliphatic heterocycles. The van der Waals surface area contributed by atoms with E-state index in [1.807, 2.05) is 24.3 Å². The molecule has 128 valence electrons. The zero-order valence-electron chi connectivity index (χ0n) is 13.3. The largest absolute Gasteiger partial charge is 0.508 e. The molecule has 0 aromatic heterocycles. The highest BCUT2D eigenvalue weighted by Gasteiger charge is 2.16. The molecular formula is C18H19ClO4S. The Morgan fingerprint density at radius 2 is 1.83 bits per heavy atom. The first kappa shape index (κ1) is 18.5. The number of carbonyl (C=O) groups excluding carboxylic acids is 1. The van der Waals surface area contributed by atoms with E-state index >= 15 is 0 Å². The fraction of sp³-hybridized carbons (Fsp3) is 0.278. The topological polar surface area (TPSA) is 55.8 Å². The first-order valence-electron chi connectivity index (χ1n) is 7.49. The van der Waals surface area contributed by atoms with E-state index in [0.717, 1.165) is 10.8 Å². The number of ether oxygens (including phenoxy) is 2. The van der Waals surface area contributed by atoms with Crippen LogP contribution >= 0.6 is 23.4 Å². The second-order valence-electron chi connectivity index (χ2n) is 5.10. The van der Waals surface area contributed by atoms with Crippen LogP contribution in [0.15, 0.2) is 48.5 Å². The van der Waals surface area contributed by atoms with E-state index in [9.17, 15) is 9.90 Å². The van der Waals surface area contributed by atoms with Crippen LogP contribution in [0.1, 0.15) is 12.5 Å². The van der Waals surface area contributed by atoms with Crippen LogP contribution in [0, 0.1) is 0 Å². The van der Waals surface area contributed by atoms with E-state index in [-0.39, 0.29) is 5.75 Å². The maximum atomic E-state index is 11.9. The van der Waals surface area contributed by atoms with Gasteiger partial charge in [-0.3, -0.25) is 0 Å². The van der Waals surface area contributed by atoms with Gasteiger partial charge in [0, 0.05) is 16.5 Å². The van der Waals surface area contributed by atoms with Crippen molar-refractivity contribution in [2.24, 2.45) is 0 Å². The molecule has 2 rings (SSSR count). The zero-order chi connectivity index (χ0) is 17.4. The lowest BCUT2D eigenvalue weighted by atomic mass is 10.2. The molecule has 0 amide bonds. The predicted octanol–water partition coefficient (Wildman–Crippen LogP) is 4.29. The summed E-state index contributed by atoms with van der Waals surface area (Å²) in [7, 11) is 0. The van der Waals surface area contributed by atoms with E-state index in [0.29, 0.717) is 18.1 Å². The van der Waals surface area contributed by atoms with Crippen LogP contribution in [0.4, 0.5) is 0 Å². The molecule has 0 radical (unpaired) electrons. The third-order valence-electron chi connectivity index (χ3n) is 3.14. The lowest BCUT2D eigenvalue weighted by molar-refractivity contribution is -0.150. The Morgan fingerprint density at radius 1 is 1.17 bits per heavy atom. The minimum absolute atomic E-state index is 0.148. The van der Waals surface area contributed by atoms with Gasteiger partial charge in [-0.15, -0.1) is 0 Å². The molecule has 0 spiro atoms. The number of phenolic OH excluding ortho intramolecular Hbond substituents is 1. The van der Waals surface area contributed by atoms with Crippen LogP contribution in [-0.2, 0) is 15.3 Å². The average Bonchev–Trinajstić information content (AvgIpc) is 2.58.